The molecule has 2 N–H and O–H groups in total. The summed E-state index contributed by atoms with van der Waals surface area (Å²) in [6, 6.07) is 10.4. The SMILES string of the molecule is COC(=O)c1cc(-c2cc(Cl)ccc2OC)ccc1N. The third-order valence-corrected chi connectivity index (χ3v) is 3.17. The van der Waals surface area contributed by atoms with Crippen molar-refractivity contribution < 1.29 is 14.3 Å². The van der Waals surface area contributed by atoms with Gasteiger partial charge in [0, 0.05) is 16.3 Å². The lowest BCUT2D eigenvalue weighted by molar-refractivity contribution is 0.0602. The van der Waals surface area contributed by atoms with E-state index in [4.69, 9.17) is 26.8 Å². The molecule has 0 unspecified atom stereocenters. The Morgan fingerprint density at radius 2 is 1.90 bits per heavy atom. The molecule has 0 aliphatic rings. The predicted octanol–water partition coefficient (Wildman–Crippen LogP) is 3.38. The molecule has 0 bridgehead atoms. The minimum atomic E-state index is -0.481. The van der Waals surface area contributed by atoms with Crippen LogP contribution in [0.5, 0.6) is 5.75 Å². The fourth-order valence-electron chi connectivity index (χ4n) is 1.92. The van der Waals surface area contributed by atoms with Crippen LogP contribution < -0.4 is 10.5 Å². The van der Waals surface area contributed by atoms with Crippen LogP contribution in [0.2, 0.25) is 5.02 Å². The molecular formula is C15H14ClNO3. The standard InChI is InChI=1S/C15H14ClNO3/c1-19-14-6-4-10(16)8-11(14)9-3-5-13(17)12(7-9)15(18)20-2/h3-8H,17H2,1-2H3. The molecule has 0 saturated carbocycles. The Bertz CT molecular complexity index is 656. The smallest absolute Gasteiger partial charge is 0.339 e. The van der Waals surface area contributed by atoms with Gasteiger partial charge in [0.05, 0.1) is 19.8 Å². The molecule has 0 radical (unpaired) electrons. The number of carbonyl (C=O) groups is 1. The molecule has 20 heavy (non-hydrogen) atoms. The lowest BCUT2D eigenvalue weighted by atomic mass is 10.0. The molecule has 0 spiro atoms. The van der Waals surface area contributed by atoms with Gasteiger partial charge in [-0.3, -0.25) is 0 Å². The number of hydrogen-bond acceptors (Lipinski definition) is 4. The van der Waals surface area contributed by atoms with Crippen LogP contribution in [0.25, 0.3) is 11.1 Å². The van der Waals surface area contributed by atoms with Crippen molar-refractivity contribution in [1.82, 2.24) is 0 Å². The van der Waals surface area contributed by atoms with Crippen LogP contribution in [-0.4, -0.2) is 20.2 Å². The zero-order valence-corrected chi connectivity index (χ0v) is 11.9. The Hall–Kier alpha value is -2.20. The Kier molecular flexibility index (Phi) is 4.15. The molecule has 0 aromatic heterocycles. The number of anilines is 1. The average Bonchev–Trinajstić information content (AvgIpc) is 2.47. The van der Waals surface area contributed by atoms with Gasteiger partial charge in [-0.2, -0.15) is 0 Å². The highest BCUT2D eigenvalue weighted by atomic mass is 35.5. The number of nitrogen functional groups attached to an aromatic ring is 1. The van der Waals surface area contributed by atoms with E-state index in [1.54, 1.807) is 43.5 Å². The topological polar surface area (TPSA) is 61.5 Å². The van der Waals surface area contributed by atoms with Crippen LogP contribution >= 0.6 is 11.6 Å². The van der Waals surface area contributed by atoms with Crippen LogP contribution in [0.3, 0.4) is 0 Å². The summed E-state index contributed by atoms with van der Waals surface area (Å²) < 4.78 is 10.0. The summed E-state index contributed by atoms with van der Waals surface area (Å²) in [6.45, 7) is 0. The van der Waals surface area contributed by atoms with E-state index in [1.165, 1.54) is 7.11 Å². The molecule has 0 saturated heterocycles. The van der Waals surface area contributed by atoms with Crippen LogP contribution in [0, 0.1) is 0 Å². The second kappa shape index (κ2) is 5.84. The quantitative estimate of drug-likeness (QED) is 0.695. The Morgan fingerprint density at radius 1 is 1.15 bits per heavy atom. The van der Waals surface area contributed by atoms with E-state index in [9.17, 15) is 4.79 Å². The summed E-state index contributed by atoms with van der Waals surface area (Å²) in [5.41, 5.74) is 8.02. The molecule has 0 atom stereocenters. The van der Waals surface area contributed by atoms with E-state index in [2.05, 4.69) is 0 Å². The number of methoxy groups -OCH3 is 2. The summed E-state index contributed by atoms with van der Waals surface area (Å²) in [7, 11) is 2.89. The molecule has 2 rings (SSSR count). The van der Waals surface area contributed by atoms with Gasteiger partial charge in [0.15, 0.2) is 0 Å². The lowest BCUT2D eigenvalue weighted by Crippen LogP contribution is -2.05. The summed E-state index contributed by atoms with van der Waals surface area (Å²) in [5.74, 6) is 0.181. The van der Waals surface area contributed by atoms with Gasteiger partial charge in [-0.05, 0) is 35.9 Å². The number of carbonyl (C=O) groups excluding carboxylic acids is 1. The molecule has 104 valence electrons. The average molecular weight is 292 g/mol. The number of hydrogen-bond donors (Lipinski definition) is 1. The summed E-state index contributed by atoms with van der Waals surface area (Å²) in [6.07, 6.45) is 0. The van der Waals surface area contributed by atoms with Crippen molar-refractivity contribution in [2.75, 3.05) is 20.0 Å². The van der Waals surface area contributed by atoms with E-state index in [-0.39, 0.29) is 0 Å². The number of nitrogens with two attached hydrogens (primary N) is 1. The fraction of sp³-hybridized carbons (Fsp3) is 0.133. The van der Waals surface area contributed by atoms with Crippen molar-refractivity contribution in [3.63, 3.8) is 0 Å². The van der Waals surface area contributed by atoms with Crippen molar-refractivity contribution in [1.29, 1.82) is 0 Å². The van der Waals surface area contributed by atoms with Gasteiger partial charge in [0.1, 0.15) is 5.75 Å². The van der Waals surface area contributed by atoms with Gasteiger partial charge < -0.3 is 15.2 Å². The summed E-state index contributed by atoms with van der Waals surface area (Å²) >= 11 is 6.01. The zero-order valence-electron chi connectivity index (χ0n) is 11.1. The largest absolute Gasteiger partial charge is 0.496 e. The summed E-state index contributed by atoms with van der Waals surface area (Å²) in [5, 5.41) is 0.581. The molecule has 2 aromatic carbocycles. The molecule has 5 heteroatoms. The number of ether oxygens (including phenoxy) is 2. The highest BCUT2D eigenvalue weighted by Crippen LogP contribution is 2.34. The zero-order chi connectivity index (χ0) is 14.7. The second-order valence-corrected chi connectivity index (χ2v) is 4.57. The number of rotatable bonds is 3. The van der Waals surface area contributed by atoms with Crippen molar-refractivity contribution >= 4 is 23.3 Å². The summed E-state index contributed by atoms with van der Waals surface area (Å²) in [4.78, 5) is 11.7. The maximum Gasteiger partial charge on any atom is 0.339 e. The minimum absolute atomic E-state index is 0.312. The van der Waals surface area contributed by atoms with Crippen molar-refractivity contribution in [2.24, 2.45) is 0 Å². The van der Waals surface area contributed by atoms with Gasteiger partial charge in [-0.25, -0.2) is 4.79 Å². The van der Waals surface area contributed by atoms with Gasteiger partial charge in [-0.15, -0.1) is 0 Å². The van der Waals surface area contributed by atoms with Gasteiger partial charge in [0.25, 0.3) is 0 Å². The fourth-order valence-corrected chi connectivity index (χ4v) is 2.09. The molecule has 2 aromatic rings. The maximum absolute atomic E-state index is 11.7. The molecule has 0 aliphatic carbocycles. The third kappa shape index (κ3) is 2.70. The Morgan fingerprint density at radius 3 is 2.55 bits per heavy atom. The molecule has 0 heterocycles. The first-order valence-electron chi connectivity index (χ1n) is 5.88. The van der Waals surface area contributed by atoms with Crippen LogP contribution in [-0.2, 0) is 4.74 Å². The lowest BCUT2D eigenvalue weighted by Gasteiger charge is -2.11. The number of halogens is 1. The molecule has 0 fully saturated rings. The first-order chi connectivity index (χ1) is 9.56. The van der Waals surface area contributed by atoms with Gasteiger partial charge in [0.2, 0.25) is 0 Å². The minimum Gasteiger partial charge on any atom is -0.496 e. The number of esters is 1. The van der Waals surface area contributed by atoms with Crippen LogP contribution in [0.4, 0.5) is 5.69 Å². The highest BCUT2D eigenvalue weighted by molar-refractivity contribution is 6.31. The normalized spacial score (nSPS) is 10.2. The molecule has 0 amide bonds. The van der Waals surface area contributed by atoms with Crippen molar-refractivity contribution in [2.45, 2.75) is 0 Å². The van der Waals surface area contributed by atoms with Crippen molar-refractivity contribution in [3.8, 4) is 16.9 Å². The molecular weight excluding hydrogens is 278 g/mol. The van der Waals surface area contributed by atoms with E-state index in [0.717, 1.165) is 11.1 Å². The first kappa shape index (κ1) is 14.2. The first-order valence-corrected chi connectivity index (χ1v) is 6.26. The van der Waals surface area contributed by atoms with E-state index in [0.29, 0.717) is 22.0 Å². The highest BCUT2D eigenvalue weighted by Gasteiger charge is 2.13. The molecule has 0 aliphatic heterocycles. The van der Waals surface area contributed by atoms with Crippen LogP contribution in [0.15, 0.2) is 36.4 Å². The molecule has 4 nitrogen and oxygen atoms in total. The van der Waals surface area contributed by atoms with E-state index in [1.807, 2.05) is 0 Å². The number of benzene rings is 2. The van der Waals surface area contributed by atoms with Crippen molar-refractivity contribution in [3.05, 3.63) is 47.0 Å². The van der Waals surface area contributed by atoms with E-state index >= 15 is 0 Å². The monoisotopic (exact) mass is 291 g/mol. The third-order valence-electron chi connectivity index (χ3n) is 2.93. The van der Waals surface area contributed by atoms with E-state index < -0.39 is 5.97 Å². The Balaban J connectivity index is 2.59. The van der Waals surface area contributed by atoms with Crippen LogP contribution in [0.1, 0.15) is 10.4 Å². The van der Waals surface area contributed by atoms with Gasteiger partial charge >= 0.3 is 5.97 Å². The Labute approximate surface area is 122 Å². The van der Waals surface area contributed by atoms with Gasteiger partial charge in [-0.1, -0.05) is 17.7 Å². The second-order valence-electron chi connectivity index (χ2n) is 4.14. The predicted molar refractivity (Wildman–Crippen MR) is 79.2 cm³/mol. The maximum atomic E-state index is 11.7.